The molecule has 2 nitrogen and oxygen atoms in total. The Hall–Kier alpha value is 0.719. The van der Waals surface area contributed by atoms with E-state index in [1.54, 1.807) is 0 Å². The van der Waals surface area contributed by atoms with Crippen LogP contribution in [0.3, 0.4) is 0 Å². The fourth-order valence-corrected chi connectivity index (χ4v) is 17.3. The molecular formula is C17H38O2Sn. The molecule has 0 spiro atoms. The van der Waals surface area contributed by atoms with Gasteiger partial charge in [0.05, 0.1) is 0 Å². The molecule has 0 amide bonds. The third kappa shape index (κ3) is 9.62. The first-order chi connectivity index (χ1) is 9.64. The zero-order valence-electron chi connectivity index (χ0n) is 14.7. The summed E-state index contributed by atoms with van der Waals surface area (Å²) in [7, 11) is 0. The van der Waals surface area contributed by atoms with Crippen molar-refractivity contribution >= 4 is 18.4 Å². The average molecular weight is 393 g/mol. The third-order valence-corrected chi connectivity index (χ3v) is 18.5. The van der Waals surface area contributed by atoms with Crippen molar-refractivity contribution in [2.24, 2.45) is 0 Å². The summed E-state index contributed by atoms with van der Waals surface area (Å²) in [5.74, 6) is 0. The number of unbranched alkanes of at least 4 members (excludes halogenated alkanes) is 3. The van der Waals surface area contributed by atoms with Crippen molar-refractivity contribution in [1.82, 2.24) is 0 Å². The summed E-state index contributed by atoms with van der Waals surface area (Å²) >= 11 is -2.09. The minimum absolute atomic E-state index is 0.0130. The molecule has 0 aromatic rings. The van der Waals surface area contributed by atoms with Crippen molar-refractivity contribution in [2.45, 2.75) is 92.7 Å². The number of ether oxygens (including phenoxy) is 2. The molecule has 0 rings (SSSR count). The van der Waals surface area contributed by atoms with Crippen LogP contribution >= 0.6 is 0 Å². The Bertz CT molecular complexity index is 187. The summed E-state index contributed by atoms with van der Waals surface area (Å²) in [5.41, 5.74) is 0. The normalized spacial score (nSPS) is 13.7. The molecule has 3 heteroatoms. The maximum absolute atomic E-state index is 6.11. The van der Waals surface area contributed by atoms with E-state index in [1.807, 2.05) is 6.92 Å². The van der Waals surface area contributed by atoms with Crippen molar-refractivity contribution in [3.05, 3.63) is 0 Å². The van der Waals surface area contributed by atoms with Gasteiger partial charge in [0.15, 0.2) is 0 Å². The zero-order valence-corrected chi connectivity index (χ0v) is 17.5. The predicted octanol–water partition coefficient (Wildman–Crippen LogP) is 5.77. The summed E-state index contributed by atoms with van der Waals surface area (Å²) in [6.07, 6.45) is 8.22. The van der Waals surface area contributed by atoms with E-state index in [-0.39, 0.29) is 6.29 Å². The number of hydrogen-bond donors (Lipinski definition) is 0. The van der Waals surface area contributed by atoms with Gasteiger partial charge < -0.3 is 0 Å². The van der Waals surface area contributed by atoms with Crippen LogP contribution in [0.25, 0.3) is 0 Å². The van der Waals surface area contributed by atoms with E-state index in [1.165, 1.54) is 51.8 Å². The van der Waals surface area contributed by atoms with Crippen molar-refractivity contribution in [3.63, 3.8) is 0 Å². The molecule has 0 aromatic heterocycles. The van der Waals surface area contributed by atoms with Gasteiger partial charge in [0.2, 0.25) is 0 Å². The number of hydrogen-bond acceptors (Lipinski definition) is 2. The first-order valence-corrected chi connectivity index (χ1v) is 16.9. The molecule has 1 unspecified atom stereocenters. The van der Waals surface area contributed by atoms with Gasteiger partial charge in [-0.05, 0) is 0 Å². The van der Waals surface area contributed by atoms with Crippen molar-refractivity contribution in [2.75, 3.05) is 11.2 Å². The Labute approximate surface area is 131 Å². The molecule has 0 radical (unpaired) electrons. The second kappa shape index (κ2) is 13.4. The van der Waals surface area contributed by atoms with Gasteiger partial charge in [-0.2, -0.15) is 0 Å². The quantitative estimate of drug-likeness (QED) is 0.275. The van der Waals surface area contributed by atoms with Crippen LogP contribution in [0.15, 0.2) is 0 Å². The monoisotopic (exact) mass is 394 g/mol. The van der Waals surface area contributed by atoms with Gasteiger partial charge in [-0.3, -0.25) is 0 Å². The van der Waals surface area contributed by atoms with E-state index in [4.69, 9.17) is 9.47 Å². The molecule has 1 atom stereocenters. The average Bonchev–Trinajstić information content (AvgIpc) is 2.46. The van der Waals surface area contributed by atoms with Crippen LogP contribution in [0, 0.1) is 0 Å². The van der Waals surface area contributed by atoms with Crippen LogP contribution in [0.5, 0.6) is 0 Å². The molecule has 122 valence electrons. The predicted molar refractivity (Wildman–Crippen MR) is 91.9 cm³/mol. The Morgan fingerprint density at radius 3 is 1.55 bits per heavy atom. The molecule has 0 aliphatic carbocycles. The maximum atomic E-state index is 6.11. The van der Waals surface area contributed by atoms with Gasteiger partial charge >= 0.3 is 132 Å². The summed E-state index contributed by atoms with van der Waals surface area (Å²) < 4.78 is 17.3. The second-order valence-corrected chi connectivity index (χ2v) is 19.8. The Morgan fingerprint density at radius 2 is 1.20 bits per heavy atom. The SMILES string of the molecule is CCC[CH2][Sn]([CH2]CCC)([CH2]CCC)[CH2]OC(C)OCC. The molecule has 0 aliphatic rings. The van der Waals surface area contributed by atoms with Gasteiger partial charge in [-0.25, -0.2) is 0 Å². The van der Waals surface area contributed by atoms with Crippen LogP contribution in [0.1, 0.15) is 73.1 Å². The topological polar surface area (TPSA) is 18.5 Å². The standard InChI is InChI=1S/C5H11O2.3C4H9.Sn/c1-4-7-5(2)6-3;3*1-3-4-2;/h5H,3-4H2,1-2H3;3*1,3-4H2,2H3;. The van der Waals surface area contributed by atoms with Gasteiger partial charge in [0, 0.05) is 0 Å². The van der Waals surface area contributed by atoms with Crippen LogP contribution in [0.4, 0.5) is 0 Å². The Kier molecular flexibility index (Phi) is 13.9. The summed E-state index contributed by atoms with van der Waals surface area (Å²) in [4.78, 5) is 0. The zero-order chi connectivity index (χ0) is 15.3. The molecule has 0 N–H and O–H groups in total. The number of rotatable bonds is 14. The molecule has 0 bridgehead atoms. The Balaban J connectivity index is 4.56. The first-order valence-electron chi connectivity index (χ1n) is 8.87. The van der Waals surface area contributed by atoms with Crippen molar-refractivity contribution in [1.29, 1.82) is 0 Å². The van der Waals surface area contributed by atoms with Gasteiger partial charge in [-0.1, -0.05) is 0 Å². The van der Waals surface area contributed by atoms with Crippen molar-refractivity contribution in [3.8, 4) is 0 Å². The van der Waals surface area contributed by atoms with E-state index >= 15 is 0 Å². The van der Waals surface area contributed by atoms with Crippen LogP contribution < -0.4 is 0 Å². The van der Waals surface area contributed by atoms with Gasteiger partial charge in [0.1, 0.15) is 0 Å². The second-order valence-electron chi connectivity index (χ2n) is 6.14. The Morgan fingerprint density at radius 1 is 0.750 bits per heavy atom. The summed E-state index contributed by atoms with van der Waals surface area (Å²) in [6, 6.07) is 0. The van der Waals surface area contributed by atoms with E-state index in [0.717, 1.165) is 11.2 Å². The van der Waals surface area contributed by atoms with Gasteiger partial charge in [-0.15, -0.1) is 0 Å². The van der Waals surface area contributed by atoms with Crippen LogP contribution in [0.2, 0.25) is 13.3 Å². The molecule has 0 heterocycles. The minimum atomic E-state index is -2.09. The molecule has 20 heavy (non-hydrogen) atoms. The van der Waals surface area contributed by atoms with Crippen LogP contribution in [-0.2, 0) is 9.47 Å². The molecular weight excluding hydrogens is 355 g/mol. The van der Waals surface area contributed by atoms with Gasteiger partial charge in [0.25, 0.3) is 0 Å². The molecule has 0 aliphatic heterocycles. The fourth-order valence-electron chi connectivity index (χ4n) is 2.82. The summed E-state index contributed by atoms with van der Waals surface area (Å²) in [5, 5.41) is 0. The molecule has 0 fully saturated rings. The van der Waals surface area contributed by atoms with E-state index in [2.05, 4.69) is 27.7 Å². The van der Waals surface area contributed by atoms with Crippen LogP contribution in [-0.4, -0.2) is 35.9 Å². The molecule has 0 saturated heterocycles. The molecule has 0 saturated carbocycles. The van der Waals surface area contributed by atoms with E-state index in [0.29, 0.717) is 0 Å². The van der Waals surface area contributed by atoms with Crippen molar-refractivity contribution < 1.29 is 9.47 Å². The summed E-state index contributed by atoms with van der Waals surface area (Å²) in [6.45, 7) is 11.8. The van der Waals surface area contributed by atoms with E-state index < -0.39 is 18.4 Å². The third-order valence-electron chi connectivity index (χ3n) is 4.21. The first kappa shape index (κ1) is 20.7. The van der Waals surface area contributed by atoms with E-state index in [9.17, 15) is 0 Å². The molecule has 0 aromatic carbocycles. The fraction of sp³-hybridized carbons (Fsp3) is 1.00.